The van der Waals surface area contributed by atoms with E-state index in [0.29, 0.717) is 39.8 Å². The van der Waals surface area contributed by atoms with E-state index >= 15 is 0 Å². The largest absolute Gasteiger partial charge is 0.497 e. The van der Waals surface area contributed by atoms with Gasteiger partial charge in [-0.25, -0.2) is 4.79 Å². The van der Waals surface area contributed by atoms with Crippen LogP contribution in [0, 0.1) is 11.3 Å². The Morgan fingerprint density at radius 1 is 1.16 bits per heavy atom. The zero-order valence-electron chi connectivity index (χ0n) is 20.7. The lowest BCUT2D eigenvalue weighted by Gasteiger charge is -2.17. The molecule has 37 heavy (non-hydrogen) atoms. The first-order valence-corrected chi connectivity index (χ1v) is 11.2. The number of ether oxygens (including phenoxy) is 5. The monoisotopic (exact) mass is 504 g/mol. The molecule has 2 N–H and O–H groups in total. The molecular formula is C26H24N4O7. The number of carbonyl (C=O) groups excluding carboxylic acids is 1. The molecule has 1 aliphatic rings. The highest BCUT2D eigenvalue weighted by molar-refractivity contribution is 6.04. The van der Waals surface area contributed by atoms with E-state index in [9.17, 15) is 14.9 Å². The number of esters is 1. The molecule has 11 heteroatoms. The Hall–Kier alpha value is -4.98. The number of nitriles is 1. The molecule has 0 amide bonds. The molecule has 0 aliphatic carbocycles. The van der Waals surface area contributed by atoms with Gasteiger partial charge in [0.05, 0.1) is 26.5 Å². The maximum atomic E-state index is 13.5. The molecule has 0 fully saturated rings. The smallest absolute Gasteiger partial charge is 0.342 e. The summed E-state index contributed by atoms with van der Waals surface area (Å²) in [4.78, 5) is 26.6. The predicted octanol–water partition coefficient (Wildman–Crippen LogP) is 3.16. The summed E-state index contributed by atoms with van der Waals surface area (Å²) in [6.07, 6.45) is 0. The fourth-order valence-corrected chi connectivity index (χ4v) is 3.94. The molecule has 0 saturated heterocycles. The van der Waals surface area contributed by atoms with Crippen molar-refractivity contribution in [3.63, 3.8) is 0 Å². The second kappa shape index (κ2) is 10.3. The number of hydrogen-bond donors (Lipinski definition) is 1. The van der Waals surface area contributed by atoms with E-state index < -0.39 is 11.5 Å². The molecule has 0 spiro atoms. The van der Waals surface area contributed by atoms with Crippen molar-refractivity contribution < 1.29 is 28.5 Å². The fourth-order valence-electron chi connectivity index (χ4n) is 3.94. The molecule has 0 bridgehead atoms. The zero-order chi connectivity index (χ0) is 26.7. The summed E-state index contributed by atoms with van der Waals surface area (Å²) in [5.74, 6) is 0.790. The Labute approximate surface area is 212 Å². The number of nitrogen functional groups attached to an aromatic ring is 1. The summed E-state index contributed by atoms with van der Waals surface area (Å²) in [5.41, 5.74) is 6.25. The first-order valence-electron chi connectivity index (χ1n) is 11.2. The van der Waals surface area contributed by atoms with E-state index in [1.165, 1.54) is 14.2 Å². The maximum absolute atomic E-state index is 13.5. The molecule has 190 valence electrons. The van der Waals surface area contributed by atoms with E-state index in [1.807, 2.05) is 6.07 Å². The standard InChI is InChI=1S/C26H24N4O7/c1-5-35-26(32)23-22(15-6-8-20-21(10-15)37-13-36-20)18(12-27)25(31)30(24(23)28)29-14(2)17-11-16(33-3)7-9-19(17)34-4/h6-11H,5,13,28H2,1-4H3. The van der Waals surface area contributed by atoms with Gasteiger partial charge in [0.25, 0.3) is 5.56 Å². The fraction of sp³-hybridized carbons (Fsp3) is 0.231. The van der Waals surface area contributed by atoms with Gasteiger partial charge in [-0.15, -0.1) is 0 Å². The molecule has 4 rings (SSSR count). The first-order chi connectivity index (χ1) is 17.8. The SMILES string of the molecule is CCOC(=O)c1c(-c2ccc3c(c2)OCO3)c(C#N)c(=O)n(N=C(C)c2cc(OC)ccc2OC)c1N. The second-order valence-electron chi connectivity index (χ2n) is 7.78. The van der Waals surface area contributed by atoms with Crippen molar-refractivity contribution in [2.24, 2.45) is 5.10 Å². The van der Waals surface area contributed by atoms with Crippen molar-refractivity contribution in [3.8, 4) is 40.2 Å². The molecule has 0 atom stereocenters. The van der Waals surface area contributed by atoms with Crippen LogP contribution in [0.5, 0.6) is 23.0 Å². The molecule has 11 nitrogen and oxygen atoms in total. The van der Waals surface area contributed by atoms with Crippen LogP contribution in [0.15, 0.2) is 46.3 Å². The number of benzene rings is 2. The molecule has 3 aromatic rings. The van der Waals surface area contributed by atoms with Gasteiger partial charge in [-0.05, 0) is 49.7 Å². The minimum absolute atomic E-state index is 0.0183. The summed E-state index contributed by atoms with van der Waals surface area (Å²) in [6, 6.07) is 11.8. The highest BCUT2D eigenvalue weighted by atomic mass is 16.7. The molecule has 2 heterocycles. The quantitative estimate of drug-likeness (QED) is 0.378. The highest BCUT2D eigenvalue weighted by Gasteiger charge is 2.28. The van der Waals surface area contributed by atoms with Gasteiger partial charge in [-0.3, -0.25) is 4.79 Å². The van der Waals surface area contributed by atoms with E-state index in [0.717, 1.165) is 4.68 Å². The molecule has 0 radical (unpaired) electrons. The molecule has 1 aromatic heterocycles. The van der Waals surface area contributed by atoms with Gasteiger partial charge in [0, 0.05) is 11.1 Å². The number of rotatable bonds is 7. The maximum Gasteiger partial charge on any atom is 0.342 e. The van der Waals surface area contributed by atoms with Gasteiger partial charge in [0.2, 0.25) is 6.79 Å². The zero-order valence-corrected chi connectivity index (χ0v) is 20.7. The number of carbonyl (C=O) groups is 1. The van der Waals surface area contributed by atoms with Gasteiger partial charge in [-0.1, -0.05) is 6.07 Å². The Morgan fingerprint density at radius 2 is 1.92 bits per heavy atom. The topological polar surface area (TPSA) is 147 Å². The molecule has 0 saturated carbocycles. The van der Waals surface area contributed by atoms with Crippen LogP contribution in [0.25, 0.3) is 11.1 Å². The van der Waals surface area contributed by atoms with Crippen molar-refractivity contribution in [1.29, 1.82) is 5.26 Å². The number of hydrogen-bond acceptors (Lipinski definition) is 10. The lowest BCUT2D eigenvalue weighted by molar-refractivity contribution is 0.0527. The van der Waals surface area contributed by atoms with E-state index in [4.69, 9.17) is 29.4 Å². The highest BCUT2D eigenvalue weighted by Crippen LogP contribution is 2.39. The number of aromatic nitrogens is 1. The third-order valence-corrected chi connectivity index (χ3v) is 5.69. The minimum atomic E-state index is -0.818. The third-order valence-electron chi connectivity index (χ3n) is 5.69. The van der Waals surface area contributed by atoms with Crippen LogP contribution >= 0.6 is 0 Å². The van der Waals surface area contributed by atoms with Crippen LogP contribution in [-0.4, -0.2) is 44.0 Å². The number of nitrogens with zero attached hydrogens (tertiary/aromatic N) is 3. The predicted molar refractivity (Wildman–Crippen MR) is 134 cm³/mol. The van der Waals surface area contributed by atoms with E-state index in [1.54, 1.807) is 50.2 Å². The lowest BCUT2D eigenvalue weighted by Crippen LogP contribution is -2.28. The van der Waals surface area contributed by atoms with Gasteiger partial charge in [-0.2, -0.15) is 15.0 Å². The van der Waals surface area contributed by atoms with Crippen LogP contribution in [0.3, 0.4) is 0 Å². The van der Waals surface area contributed by atoms with Gasteiger partial charge in [0.1, 0.15) is 34.5 Å². The first kappa shape index (κ1) is 25.1. The summed E-state index contributed by atoms with van der Waals surface area (Å²) in [6.45, 7) is 3.33. The number of pyridine rings is 1. The lowest BCUT2D eigenvalue weighted by atomic mass is 9.95. The summed E-state index contributed by atoms with van der Waals surface area (Å²) in [7, 11) is 3.01. The normalized spacial score (nSPS) is 12.1. The Balaban J connectivity index is 2.00. The Morgan fingerprint density at radius 3 is 2.59 bits per heavy atom. The van der Waals surface area contributed by atoms with Crippen LogP contribution in [0.2, 0.25) is 0 Å². The Bertz CT molecular complexity index is 1520. The van der Waals surface area contributed by atoms with Crippen LogP contribution < -0.4 is 30.2 Å². The molecule has 1 aliphatic heterocycles. The molecular weight excluding hydrogens is 480 g/mol. The average molecular weight is 504 g/mol. The van der Waals surface area contributed by atoms with Crippen molar-refractivity contribution in [3.05, 3.63) is 63.4 Å². The van der Waals surface area contributed by atoms with Crippen molar-refractivity contribution in [2.45, 2.75) is 13.8 Å². The van der Waals surface area contributed by atoms with Crippen molar-refractivity contribution in [1.82, 2.24) is 4.68 Å². The van der Waals surface area contributed by atoms with Crippen molar-refractivity contribution >= 4 is 17.5 Å². The summed E-state index contributed by atoms with van der Waals surface area (Å²) in [5, 5.41) is 14.4. The van der Waals surface area contributed by atoms with E-state index in [-0.39, 0.29) is 35.9 Å². The number of anilines is 1. The van der Waals surface area contributed by atoms with Gasteiger partial charge < -0.3 is 29.4 Å². The van der Waals surface area contributed by atoms with Gasteiger partial charge in [0.15, 0.2) is 11.5 Å². The van der Waals surface area contributed by atoms with E-state index in [2.05, 4.69) is 5.10 Å². The Kier molecular flexibility index (Phi) is 7.01. The minimum Gasteiger partial charge on any atom is -0.497 e. The number of methoxy groups -OCH3 is 2. The number of nitrogens with two attached hydrogens (primary N) is 1. The van der Waals surface area contributed by atoms with Crippen LogP contribution in [0.4, 0.5) is 5.82 Å². The van der Waals surface area contributed by atoms with Crippen LogP contribution in [0.1, 0.15) is 35.3 Å². The molecule has 0 unspecified atom stereocenters. The third kappa shape index (κ3) is 4.52. The van der Waals surface area contributed by atoms with Crippen LogP contribution in [-0.2, 0) is 4.74 Å². The van der Waals surface area contributed by atoms with Crippen molar-refractivity contribution in [2.75, 3.05) is 33.4 Å². The molecule has 2 aromatic carbocycles. The summed E-state index contributed by atoms with van der Waals surface area (Å²) < 4.78 is 27.5. The second-order valence-corrected chi connectivity index (χ2v) is 7.78. The average Bonchev–Trinajstić information content (AvgIpc) is 3.38. The summed E-state index contributed by atoms with van der Waals surface area (Å²) >= 11 is 0. The van der Waals surface area contributed by atoms with Gasteiger partial charge >= 0.3 is 5.97 Å². The number of fused-ring (bicyclic) bond motifs is 1.